The first kappa shape index (κ1) is 9.58. The molecule has 0 radical (unpaired) electrons. The Bertz CT molecular complexity index is 478. The monoisotopic (exact) mass is 241 g/mol. The van der Waals surface area contributed by atoms with Crippen LogP contribution in [-0.4, -0.2) is 6.04 Å². The molecule has 0 amide bonds. The molecule has 0 heterocycles. The quantitative estimate of drug-likeness (QED) is 0.512. The molecule has 0 saturated heterocycles. The van der Waals surface area contributed by atoms with Gasteiger partial charge in [0, 0.05) is 6.04 Å². The number of hydrogen-bond acceptors (Lipinski definition) is 1. The lowest BCUT2D eigenvalue weighted by Crippen LogP contribution is -2.38. The Morgan fingerprint density at radius 1 is 0.889 bits per heavy atom. The molecule has 6 aliphatic rings. The van der Waals surface area contributed by atoms with E-state index in [2.05, 4.69) is 0 Å². The number of nitrogens with two attached hydrogens (primary N) is 1. The molecule has 6 aliphatic carbocycles. The predicted octanol–water partition coefficient (Wildman–Crippen LogP) is 2.96. The highest BCUT2D eigenvalue weighted by atomic mass is 14.8. The second-order valence-corrected chi connectivity index (χ2v) is 8.31. The summed E-state index contributed by atoms with van der Waals surface area (Å²) in [7, 11) is 0. The zero-order valence-electron chi connectivity index (χ0n) is 11.0. The summed E-state index contributed by atoms with van der Waals surface area (Å²) in [4.78, 5) is 0. The first-order chi connectivity index (χ1) is 8.83. The van der Waals surface area contributed by atoms with E-state index < -0.39 is 0 Å². The normalized spacial score (nSPS) is 66.2. The number of rotatable bonds is 0. The van der Waals surface area contributed by atoms with Crippen molar-refractivity contribution in [1.82, 2.24) is 0 Å². The van der Waals surface area contributed by atoms with E-state index in [1.54, 1.807) is 19.3 Å². The van der Waals surface area contributed by atoms with E-state index in [-0.39, 0.29) is 0 Å². The fourth-order valence-corrected chi connectivity index (χ4v) is 7.97. The van der Waals surface area contributed by atoms with Gasteiger partial charge in [-0.05, 0) is 85.9 Å². The molecule has 1 heteroatoms. The average Bonchev–Trinajstić information content (AvgIpc) is 3.14. The van der Waals surface area contributed by atoms with Crippen molar-refractivity contribution in [2.24, 2.45) is 53.1 Å². The lowest BCUT2D eigenvalue weighted by Gasteiger charge is -2.41. The fraction of sp³-hybridized carbons (Fsp3) is 0.882. The van der Waals surface area contributed by atoms with E-state index in [0.717, 1.165) is 47.3 Å². The second kappa shape index (κ2) is 2.75. The van der Waals surface area contributed by atoms with Gasteiger partial charge in [-0.3, -0.25) is 0 Å². The summed E-state index contributed by atoms with van der Waals surface area (Å²) in [6, 6.07) is 0.533. The first-order valence-electron chi connectivity index (χ1n) is 8.31. The molecule has 0 aromatic heterocycles. The molecule has 5 fully saturated rings. The molecule has 0 spiro atoms. The third-order valence-electron chi connectivity index (χ3n) is 8.08. The Kier molecular flexibility index (Phi) is 1.46. The molecule has 18 heavy (non-hydrogen) atoms. The molecule has 6 bridgehead atoms. The summed E-state index contributed by atoms with van der Waals surface area (Å²) in [6.45, 7) is 0. The molecular formula is C17H23N. The standard InChI is InChI=1S/C17H23N/c18-13-5-9-4-10(13)17-12-6-11(16(9)17)14-7-1-2-8(3-7)15(12)14/h7-11,13-16H,1-6,18H2/t7?,8-,9?,10?,11?,13?,14?,15?,16?/m0/s1. The van der Waals surface area contributed by atoms with Gasteiger partial charge < -0.3 is 5.73 Å². The molecule has 0 aromatic rings. The predicted molar refractivity (Wildman–Crippen MR) is 70.6 cm³/mol. The maximum absolute atomic E-state index is 6.39. The van der Waals surface area contributed by atoms with Crippen LogP contribution in [-0.2, 0) is 0 Å². The van der Waals surface area contributed by atoms with Crippen LogP contribution in [0.5, 0.6) is 0 Å². The Morgan fingerprint density at radius 3 is 2.72 bits per heavy atom. The fourth-order valence-electron chi connectivity index (χ4n) is 7.97. The van der Waals surface area contributed by atoms with Gasteiger partial charge in [-0.1, -0.05) is 11.1 Å². The van der Waals surface area contributed by atoms with Crippen LogP contribution in [0.25, 0.3) is 0 Å². The zero-order valence-corrected chi connectivity index (χ0v) is 11.0. The number of hydrogen-bond donors (Lipinski definition) is 1. The van der Waals surface area contributed by atoms with Crippen LogP contribution in [0.4, 0.5) is 0 Å². The van der Waals surface area contributed by atoms with Crippen molar-refractivity contribution in [3.05, 3.63) is 11.1 Å². The van der Waals surface area contributed by atoms with Gasteiger partial charge in [0.25, 0.3) is 0 Å². The number of fused-ring (bicyclic) bond motifs is 15. The van der Waals surface area contributed by atoms with Crippen LogP contribution in [0.1, 0.15) is 38.5 Å². The van der Waals surface area contributed by atoms with E-state index in [0.29, 0.717) is 6.04 Å². The lowest BCUT2D eigenvalue weighted by molar-refractivity contribution is 0.143. The van der Waals surface area contributed by atoms with Crippen molar-refractivity contribution in [2.75, 3.05) is 0 Å². The molecule has 2 N–H and O–H groups in total. The van der Waals surface area contributed by atoms with Gasteiger partial charge in [-0.25, -0.2) is 0 Å². The van der Waals surface area contributed by atoms with E-state index in [9.17, 15) is 0 Å². The Morgan fingerprint density at radius 2 is 1.78 bits per heavy atom. The highest BCUT2D eigenvalue weighted by molar-refractivity contribution is 5.43. The summed E-state index contributed by atoms with van der Waals surface area (Å²) < 4.78 is 0. The Balaban J connectivity index is 1.54. The van der Waals surface area contributed by atoms with Crippen LogP contribution < -0.4 is 5.73 Å². The van der Waals surface area contributed by atoms with Crippen molar-refractivity contribution in [2.45, 2.75) is 44.6 Å². The minimum atomic E-state index is 0.533. The molecular weight excluding hydrogens is 218 g/mol. The Hall–Kier alpha value is -0.300. The topological polar surface area (TPSA) is 26.0 Å². The van der Waals surface area contributed by atoms with Gasteiger partial charge in [0.1, 0.15) is 0 Å². The second-order valence-electron chi connectivity index (χ2n) is 8.31. The largest absolute Gasteiger partial charge is 0.327 e. The summed E-state index contributed by atoms with van der Waals surface area (Å²) in [6.07, 6.45) is 9.06. The van der Waals surface area contributed by atoms with Gasteiger partial charge in [-0.15, -0.1) is 0 Å². The first-order valence-corrected chi connectivity index (χ1v) is 8.31. The van der Waals surface area contributed by atoms with Gasteiger partial charge in [-0.2, -0.15) is 0 Å². The summed E-state index contributed by atoms with van der Waals surface area (Å²) in [5.41, 5.74) is 10.3. The molecule has 6 rings (SSSR count). The van der Waals surface area contributed by atoms with Crippen LogP contribution in [0, 0.1) is 47.3 Å². The van der Waals surface area contributed by atoms with E-state index >= 15 is 0 Å². The molecule has 8 unspecified atom stereocenters. The molecule has 0 aliphatic heterocycles. The van der Waals surface area contributed by atoms with Crippen LogP contribution in [0.3, 0.4) is 0 Å². The maximum Gasteiger partial charge on any atom is 0.0108 e. The molecule has 1 nitrogen and oxygen atoms in total. The smallest absolute Gasteiger partial charge is 0.0108 e. The summed E-state index contributed by atoms with van der Waals surface area (Å²) in [5.74, 6) is 8.40. The molecule has 5 saturated carbocycles. The maximum atomic E-state index is 6.39. The third-order valence-corrected chi connectivity index (χ3v) is 8.08. The van der Waals surface area contributed by atoms with E-state index in [1.165, 1.54) is 19.3 Å². The van der Waals surface area contributed by atoms with Crippen LogP contribution in [0.2, 0.25) is 0 Å². The Labute approximate surface area is 109 Å². The van der Waals surface area contributed by atoms with Gasteiger partial charge in [0.2, 0.25) is 0 Å². The lowest BCUT2D eigenvalue weighted by atomic mass is 9.64. The van der Waals surface area contributed by atoms with E-state index in [1.807, 2.05) is 11.1 Å². The number of allylic oxidation sites excluding steroid dienone is 1. The van der Waals surface area contributed by atoms with Gasteiger partial charge in [0.05, 0.1) is 0 Å². The van der Waals surface area contributed by atoms with Crippen molar-refractivity contribution in [3.8, 4) is 0 Å². The van der Waals surface area contributed by atoms with Crippen molar-refractivity contribution < 1.29 is 0 Å². The molecule has 0 aromatic carbocycles. The van der Waals surface area contributed by atoms with Crippen molar-refractivity contribution >= 4 is 0 Å². The minimum Gasteiger partial charge on any atom is -0.327 e. The zero-order chi connectivity index (χ0) is 11.6. The minimum absolute atomic E-state index is 0.533. The third kappa shape index (κ3) is 0.810. The molecule has 96 valence electrons. The average molecular weight is 241 g/mol. The van der Waals surface area contributed by atoms with Gasteiger partial charge >= 0.3 is 0 Å². The van der Waals surface area contributed by atoms with Crippen molar-refractivity contribution in [3.63, 3.8) is 0 Å². The van der Waals surface area contributed by atoms with Crippen molar-refractivity contribution in [1.29, 1.82) is 0 Å². The van der Waals surface area contributed by atoms with Gasteiger partial charge in [0.15, 0.2) is 0 Å². The highest BCUT2D eigenvalue weighted by Crippen LogP contribution is 2.73. The van der Waals surface area contributed by atoms with E-state index in [4.69, 9.17) is 5.73 Å². The highest BCUT2D eigenvalue weighted by Gasteiger charge is 2.66. The summed E-state index contributed by atoms with van der Waals surface area (Å²) >= 11 is 0. The van der Waals surface area contributed by atoms with Crippen LogP contribution in [0.15, 0.2) is 11.1 Å². The molecule has 9 atom stereocenters. The SMILES string of the molecule is NC1CC2CC1C1=C3CC(C12)C1C2CC[C@@H](C2)C31. The van der Waals surface area contributed by atoms with Crippen LogP contribution >= 0.6 is 0 Å². The summed E-state index contributed by atoms with van der Waals surface area (Å²) in [5, 5.41) is 0.